The SMILES string of the molecule is CC(CC#N)NC1[C@H]2COC[C@@H]12. The topological polar surface area (TPSA) is 45.0 Å². The highest BCUT2D eigenvalue weighted by molar-refractivity contribution is 5.07. The molecule has 12 heavy (non-hydrogen) atoms. The Labute approximate surface area is 72.7 Å². The first kappa shape index (κ1) is 8.03. The lowest BCUT2D eigenvalue weighted by molar-refractivity contribution is 0.154. The van der Waals surface area contributed by atoms with E-state index in [1.54, 1.807) is 0 Å². The first-order chi connectivity index (χ1) is 5.83. The number of ether oxygens (including phenoxy) is 1. The third-order valence-electron chi connectivity index (χ3n) is 2.83. The zero-order valence-corrected chi connectivity index (χ0v) is 7.29. The van der Waals surface area contributed by atoms with Crippen molar-refractivity contribution in [2.24, 2.45) is 11.8 Å². The van der Waals surface area contributed by atoms with E-state index in [0.717, 1.165) is 25.0 Å². The molecule has 66 valence electrons. The van der Waals surface area contributed by atoms with Crippen LogP contribution in [0.25, 0.3) is 0 Å². The molecule has 0 bridgehead atoms. The van der Waals surface area contributed by atoms with Crippen molar-refractivity contribution in [3.8, 4) is 6.07 Å². The van der Waals surface area contributed by atoms with Crippen LogP contribution in [0.3, 0.4) is 0 Å². The second-order valence-electron chi connectivity index (χ2n) is 3.82. The van der Waals surface area contributed by atoms with Crippen LogP contribution in [0.2, 0.25) is 0 Å². The number of nitrogens with one attached hydrogen (secondary N) is 1. The van der Waals surface area contributed by atoms with Crippen LogP contribution in [0.5, 0.6) is 0 Å². The molecule has 0 aromatic heterocycles. The van der Waals surface area contributed by atoms with Crippen LogP contribution in [0.15, 0.2) is 0 Å². The largest absolute Gasteiger partial charge is 0.381 e. The van der Waals surface area contributed by atoms with Gasteiger partial charge < -0.3 is 10.1 Å². The summed E-state index contributed by atoms with van der Waals surface area (Å²) < 4.78 is 5.27. The molecule has 2 aliphatic rings. The summed E-state index contributed by atoms with van der Waals surface area (Å²) in [5.41, 5.74) is 0. The van der Waals surface area contributed by atoms with Gasteiger partial charge in [0.1, 0.15) is 0 Å². The molecule has 0 spiro atoms. The molecule has 1 aliphatic carbocycles. The molecule has 4 atom stereocenters. The van der Waals surface area contributed by atoms with Crippen molar-refractivity contribution in [1.29, 1.82) is 5.26 Å². The zero-order valence-electron chi connectivity index (χ0n) is 7.29. The Bertz CT molecular complexity index is 201. The fraction of sp³-hybridized carbons (Fsp3) is 0.889. The van der Waals surface area contributed by atoms with Crippen LogP contribution in [-0.2, 0) is 4.74 Å². The lowest BCUT2D eigenvalue weighted by atomic mass is 10.2. The number of hydrogen-bond acceptors (Lipinski definition) is 3. The van der Waals surface area contributed by atoms with E-state index in [1.807, 2.05) is 0 Å². The molecule has 0 radical (unpaired) electrons. The van der Waals surface area contributed by atoms with Crippen molar-refractivity contribution in [2.45, 2.75) is 25.4 Å². The highest BCUT2D eigenvalue weighted by Gasteiger charge is 2.53. The van der Waals surface area contributed by atoms with Crippen molar-refractivity contribution in [3.63, 3.8) is 0 Å². The summed E-state index contributed by atoms with van der Waals surface area (Å²) in [4.78, 5) is 0. The maximum absolute atomic E-state index is 8.46. The molecule has 0 aromatic rings. The minimum Gasteiger partial charge on any atom is -0.381 e. The van der Waals surface area contributed by atoms with Crippen LogP contribution >= 0.6 is 0 Å². The average Bonchev–Trinajstić information content (AvgIpc) is 2.51. The van der Waals surface area contributed by atoms with Gasteiger partial charge in [0.05, 0.1) is 25.7 Å². The summed E-state index contributed by atoms with van der Waals surface area (Å²) in [7, 11) is 0. The van der Waals surface area contributed by atoms with Gasteiger partial charge in [0.2, 0.25) is 0 Å². The molecule has 3 heteroatoms. The van der Waals surface area contributed by atoms with Crippen molar-refractivity contribution in [2.75, 3.05) is 13.2 Å². The first-order valence-corrected chi connectivity index (χ1v) is 4.53. The van der Waals surface area contributed by atoms with Crippen molar-refractivity contribution >= 4 is 0 Å². The van der Waals surface area contributed by atoms with Gasteiger partial charge in [-0.15, -0.1) is 0 Å². The van der Waals surface area contributed by atoms with Crippen LogP contribution < -0.4 is 5.32 Å². The van der Waals surface area contributed by atoms with E-state index in [1.165, 1.54) is 0 Å². The van der Waals surface area contributed by atoms with Gasteiger partial charge in [-0.05, 0) is 6.92 Å². The number of nitrogens with zero attached hydrogens (tertiary/aromatic N) is 1. The Kier molecular flexibility index (Phi) is 2.03. The van der Waals surface area contributed by atoms with Gasteiger partial charge in [-0.3, -0.25) is 0 Å². The summed E-state index contributed by atoms with van der Waals surface area (Å²) in [5, 5.41) is 11.9. The van der Waals surface area contributed by atoms with Gasteiger partial charge in [-0.1, -0.05) is 0 Å². The van der Waals surface area contributed by atoms with Crippen LogP contribution in [-0.4, -0.2) is 25.3 Å². The summed E-state index contributed by atoms with van der Waals surface area (Å²) in [6, 6.07) is 3.15. The van der Waals surface area contributed by atoms with E-state index in [4.69, 9.17) is 10.00 Å². The molecule has 1 aliphatic heterocycles. The molecule has 2 fully saturated rings. The summed E-state index contributed by atoms with van der Waals surface area (Å²) >= 11 is 0. The van der Waals surface area contributed by atoms with E-state index >= 15 is 0 Å². The number of nitriles is 1. The Morgan fingerprint density at radius 1 is 1.58 bits per heavy atom. The van der Waals surface area contributed by atoms with Crippen molar-refractivity contribution in [1.82, 2.24) is 5.32 Å². The van der Waals surface area contributed by atoms with E-state index in [9.17, 15) is 0 Å². The van der Waals surface area contributed by atoms with E-state index in [2.05, 4.69) is 18.3 Å². The summed E-state index contributed by atoms with van der Waals surface area (Å²) in [5.74, 6) is 1.48. The van der Waals surface area contributed by atoms with Gasteiger partial charge in [-0.2, -0.15) is 5.26 Å². The van der Waals surface area contributed by atoms with Crippen LogP contribution in [0.4, 0.5) is 0 Å². The fourth-order valence-corrected chi connectivity index (χ4v) is 2.01. The maximum atomic E-state index is 8.46. The van der Waals surface area contributed by atoms with E-state index < -0.39 is 0 Å². The zero-order chi connectivity index (χ0) is 8.55. The van der Waals surface area contributed by atoms with E-state index in [-0.39, 0.29) is 0 Å². The Hall–Kier alpha value is -0.590. The molecule has 1 heterocycles. The number of rotatable bonds is 3. The summed E-state index contributed by atoms with van der Waals surface area (Å²) in [6.07, 6.45) is 0.608. The Morgan fingerprint density at radius 3 is 2.83 bits per heavy atom. The molecule has 0 amide bonds. The summed E-state index contributed by atoms with van der Waals surface area (Å²) in [6.45, 7) is 3.90. The second-order valence-corrected chi connectivity index (χ2v) is 3.82. The third-order valence-corrected chi connectivity index (χ3v) is 2.83. The predicted octanol–water partition coefficient (Wildman–Crippen LogP) is 0.523. The molecular formula is C9H14N2O. The van der Waals surface area contributed by atoms with Gasteiger partial charge in [0, 0.05) is 23.9 Å². The molecule has 2 unspecified atom stereocenters. The van der Waals surface area contributed by atoms with E-state index in [0.29, 0.717) is 18.5 Å². The molecule has 1 saturated carbocycles. The molecule has 3 nitrogen and oxygen atoms in total. The quantitative estimate of drug-likeness (QED) is 0.665. The minimum atomic E-state index is 0.339. The fourth-order valence-electron chi connectivity index (χ4n) is 2.01. The van der Waals surface area contributed by atoms with Gasteiger partial charge in [0.15, 0.2) is 0 Å². The second kappa shape index (κ2) is 3.04. The third kappa shape index (κ3) is 1.33. The monoisotopic (exact) mass is 166 g/mol. The van der Waals surface area contributed by atoms with Crippen LogP contribution in [0.1, 0.15) is 13.3 Å². The van der Waals surface area contributed by atoms with Crippen LogP contribution in [0, 0.1) is 23.2 Å². The maximum Gasteiger partial charge on any atom is 0.0638 e. The standard InChI is InChI=1S/C9H14N2O/c1-6(2-3-10)11-9-7-4-12-5-8(7)9/h6-9,11H,2,4-5H2,1H3/t6?,7-,8+,9?. The molecule has 1 N–H and O–H groups in total. The van der Waals surface area contributed by atoms with Gasteiger partial charge >= 0.3 is 0 Å². The molecule has 2 rings (SSSR count). The molecule has 1 saturated heterocycles. The predicted molar refractivity (Wildman–Crippen MR) is 44.4 cm³/mol. The van der Waals surface area contributed by atoms with Gasteiger partial charge in [0.25, 0.3) is 0 Å². The number of hydrogen-bond donors (Lipinski definition) is 1. The lowest BCUT2D eigenvalue weighted by Gasteiger charge is -2.11. The lowest BCUT2D eigenvalue weighted by Crippen LogP contribution is -2.31. The molecule has 0 aromatic carbocycles. The normalized spacial score (nSPS) is 40.2. The first-order valence-electron chi connectivity index (χ1n) is 4.53. The highest BCUT2D eigenvalue weighted by atomic mass is 16.5. The smallest absolute Gasteiger partial charge is 0.0638 e. The minimum absolute atomic E-state index is 0.339. The number of fused-ring (bicyclic) bond motifs is 1. The average molecular weight is 166 g/mol. The molecular weight excluding hydrogens is 152 g/mol. The van der Waals surface area contributed by atoms with Gasteiger partial charge in [-0.25, -0.2) is 0 Å². The van der Waals surface area contributed by atoms with Crippen molar-refractivity contribution in [3.05, 3.63) is 0 Å². The highest BCUT2D eigenvalue weighted by Crippen LogP contribution is 2.44. The Morgan fingerprint density at radius 2 is 2.25 bits per heavy atom. The Balaban J connectivity index is 1.73. The van der Waals surface area contributed by atoms with Crippen molar-refractivity contribution < 1.29 is 4.74 Å².